The molecule has 12 nitrogen and oxygen atoms in total. The number of aryl methyl sites for hydroxylation is 1. The molecule has 1 aromatic carbocycles. The number of guanidine groups is 1. The maximum absolute atomic E-state index is 13.5. The number of aliphatic imine (C=N–C) groups is 1. The van der Waals surface area contributed by atoms with Gasteiger partial charge in [-0.15, -0.1) is 0 Å². The third-order valence-electron chi connectivity index (χ3n) is 7.20. The van der Waals surface area contributed by atoms with Crippen molar-refractivity contribution in [2.45, 2.75) is 45.1 Å². The molecule has 4 heterocycles. The van der Waals surface area contributed by atoms with E-state index < -0.39 is 17.9 Å². The van der Waals surface area contributed by atoms with E-state index in [1.807, 2.05) is 19.1 Å². The maximum Gasteiger partial charge on any atom is 0.354 e. The first-order valence-electron chi connectivity index (χ1n) is 13.7. The van der Waals surface area contributed by atoms with Crippen molar-refractivity contribution in [3.05, 3.63) is 59.6 Å². The van der Waals surface area contributed by atoms with Crippen molar-refractivity contribution in [1.29, 1.82) is 0 Å². The van der Waals surface area contributed by atoms with Gasteiger partial charge in [-0.05, 0) is 75.4 Å². The van der Waals surface area contributed by atoms with Gasteiger partial charge in [-0.2, -0.15) is 0 Å². The first-order chi connectivity index (χ1) is 19.8. The lowest BCUT2D eigenvalue weighted by molar-refractivity contribution is -0.140. The molecule has 0 aliphatic carbocycles. The first-order valence-corrected chi connectivity index (χ1v) is 13.7. The minimum Gasteiger partial charge on any atom is -0.477 e. The van der Waals surface area contributed by atoms with Crippen LogP contribution < -0.4 is 10.6 Å². The van der Waals surface area contributed by atoms with E-state index in [-0.39, 0.29) is 35.6 Å². The average Bonchev–Trinajstić information content (AvgIpc) is 3.59. The third-order valence-corrected chi connectivity index (χ3v) is 7.20. The number of carbonyl (C=O) groups excluding carboxylic acids is 3. The molecule has 0 bridgehead atoms. The molecule has 0 radical (unpaired) electrons. The SMILES string of the molecule is Cc1cc2cc(NC(=N[C@H]3CCCCN(CC(=O)N4CCCC4)C3=O)NC(=O)c3ccc(C(=O)O)nc3)ccc2o1. The molecular formula is C29H32N6O6. The largest absolute Gasteiger partial charge is 0.477 e. The number of carbonyl (C=O) groups is 4. The number of aromatic nitrogens is 1. The van der Waals surface area contributed by atoms with Crippen LogP contribution in [-0.4, -0.2) is 81.8 Å². The van der Waals surface area contributed by atoms with E-state index in [1.165, 1.54) is 18.3 Å². The maximum atomic E-state index is 13.5. The van der Waals surface area contributed by atoms with E-state index in [0.29, 0.717) is 37.3 Å². The van der Waals surface area contributed by atoms with E-state index in [4.69, 9.17) is 9.52 Å². The molecule has 2 aliphatic rings. The summed E-state index contributed by atoms with van der Waals surface area (Å²) >= 11 is 0. The van der Waals surface area contributed by atoms with Crippen LogP contribution in [0.3, 0.4) is 0 Å². The summed E-state index contributed by atoms with van der Waals surface area (Å²) in [6.07, 6.45) is 5.05. The Bertz CT molecular complexity index is 1490. The van der Waals surface area contributed by atoms with E-state index in [0.717, 1.165) is 36.8 Å². The second-order valence-corrected chi connectivity index (χ2v) is 10.3. The van der Waals surface area contributed by atoms with Crippen molar-refractivity contribution < 1.29 is 28.7 Å². The number of furan rings is 1. The molecule has 2 aliphatic heterocycles. The van der Waals surface area contributed by atoms with Crippen LogP contribution >= 0.6 is 0 Å². The summed E-state index contributed by atoms with van der Waals surface area (Å²) in [5.74, 6) is -1.31. The lowest BCUT2D eigenvalue weighted by Gasteiger charge is -2.25. The number of fused-ring (bicyclic) bond motifs is 1. The molecule has 0 saturated carbocycles. The van der Waals surface area contributed by atoms with Gasteiger partial charge in [-0.1, -0.05) is 0 Å². The average molecular weight is 561 g/mol. The van der Waals surface area contributed by atoms with Gasteiger partial charge in [0.15, 0.2) is 0 Å². The second-order valence-electron chi connectivity index (χ2n) is 10.3. The highest BCUT2D eigenvalue weighted by Gasteiger charge is 2.30. The van der Waals surface area contributed by atoms with Crippen molar-refractivity contribution in [3.8, 4) is 0 Å². The minimum atomic E-state index is -1.20. The molecule has 41 heavy (non-hydrogen) atoms. The topological polar surface area (TPSA) is 157 Å². The van der Waals surface area contributed by atoms with Crippen LogP contribution in [-0.2, 0) is 9.59 Å². The Labute approximate surface area is 236 Å². The highest BCUT2D eigenvalue weighted by atomic mass is 16.4. The van der Waals surface area contributed by atoms with Crippen LogP contribution in [0.25, 0.3) is 11.0 Å². The number of likely N-dealkylation sites (tertiary alicyclic amines) is 2. The first kappa shape index (κ1) is 27.8. The van der Waals surface area contributed by atoms with Gasteiger partial charge in [0, 0.05) is 36.9 Å². The van der Waals surface area contributed by atoms with Gasteiger partial charge in [0.25, 0.3) is 5.91 Å². The number of hydrogen-bond acceptors (Lipinski definition) is 7. The zero-order valence-corrected chi connectivity index (χ0v) is 22.8. The minimum absolute atomic E-state index is 0.0120. The fourth-order valence-electron chi connectivity index (χ4n) is 5.07. The predicted molar refractivity (Wildman–Crippen MR) is 151 cm³/mol. The van der Waals surface area contributed by atoms with Gasteiger partial charge in [0.2, 0.25) is 17.8 Å². The summed E-state index contributed by atoms with van der Waals surface area (Å²) in [6, 6.07) is 9.07. The highest BCUT2D eigenvalue weighted by molar-refractivity contribution is 6.11. The van der Waals surface area contributed by atoms with E-state index >= 15 is 0 Å². The van der Waals surface area contributed by atoms with Crippen LogP contribution in [0, 0.1) is 6.92 Å². The highest BCUT2D eigenvalue weighted by Crippen LogP contribution is 2.23. The van der Waals surface area contributed by atoms with Crippen molar-refractivity contribution in [3.63, 3.8) is 0 Å². The van der Waals surface area contributed by atoms with Gasteiger partial charge in [0.05, 0.1) is 12.1 Å². The summed E-state index contributed by atoms with van der Waals surface area (Å²) in [5.41, 5.74) is 1.25. The molecule has 1 atom stereocenters. The van der Waals surface area contributed by atoms with Gasteiger partial charge in [0.1, 0.15) is 23.1 Å². The van der Waals surface area contributed by atoms with Crippen LogP contribution in [0.4, 0.5) is 5.69 Å². The van der Waals surface area contributed by atoms with Crippen molar-refractivity contribution in [2.24, 2.45) is 4.99 Å². The molecule has 12 heteroatoms. The van der Waals surface area contributed by atoms with E-state index in [1.54, 1.807) is 21.9 Å². The number of anilines is 1. The molecule has 2 aromatic heterocycles. The summed E-state index contributed by atoms with van der Waals surface area (Å²) in [6.45, 7) is 3.76. The molecule has 3 aromatic rings. The number of aromatic carboxylic acids is 1. The zero-order valence-electron chi connectivity index (χ0n) is 22.8. The molecule has 3 amide bonds. The summed E-state index contributed by atoms with van der Waals surface area (Å²) < 4.78 is 5.65. The number of amides is 3. The molecule has 0 spiro atoms. The van der Waals surface area contributed by atoms with Crippen LogP contribution in [0.1, 0.15) is 58.7 Å². The van der Waals surface area contributed by atoms with Gasteiger partial charge >= 0.3 is 5.97 Å². The number of rotatable bonds is 6. The number of benzene rings is 1. The number of nitrogens with zero attached hydrogens (tertiary/aromatic N) is 4. The Morgan fingerprint density at radius 2 is 1.85 bits per heavy atom. The van der Waals surface area contributed by atoms with E-state index in [9.17, 15) is 19.2 Å². The number of carboxylic acids is 1. The van der Waals surface area contributed by atoms with Crippen LogP contribution in [0.5, 0.6) is 0 Å². The van der Waals surface area contributed by atoms with Crippen LogP contribution in [0.15, 0.2) is 52.0 Å². The van der Waals surface area contributed by atoms with E-state index in [2.05, 4.69) is 20.6 Å². The van der Waals surface area contributed by atoms with Crippen molar-refractivity contribution >= 4 is 46.3 Å². The van der Waals surface area contributed by atoms with Gasteiger partial charge < -0.3 is 24.6 Å². The number of pyridine rings is 1. The smallest absolute Gasteiger partial charge is 0.354 e. The second kappa shape index (κ2) is 12.2. The van der Waals surface area contributed by atoms with Crippen molar-refractivity contribution in [2.75, 3.05) is 31.5 Å². The molecule has 5 rings (SSSR count). The lowest BCUT2D eigenvalue weighted by Crippen LogP contribution is -2.45. The van der Waals surface area contributed by atoms with Crippen molar-refractivity contribution in [1.82, 2.24) is 20.1 Å². The monoisotopic (exact) mass is 560 g/mol. The predicted octanol–water partition coefficient (Wildman–Crippen LogP) is 3.04. The molecule has 2 fully saturated rings. The van der Waals surface area contributed by atoms with Gasteiger partial charge in [-0.25, -0.2) is 14.8 Å². The van der Waals surface area contributed by atoms with Crippen LogP contribution in [0.2, 0.25) is 0 Å². The normalized spacial score (nSPS) is 17.9. The Kier molecular flexibility index (Phi) is 8.27. The molecule has 214 valence electrons. The standard InChI is InChI=1S/C29H32N6O6/c1-18-14-20-15-21(8-10-24(20)41-18)31-29(33-26(37)19-7-9-23(28(39)40)30-16-19)32-22-6-2-3-13-35(27(22)38)17-25(36)34-11-4-5-12-34/h7-10,14-16,22H,2-6,11-13,17H2,1H3,(H,39,40)(H2,31,32,33,37)/t22-/m0/s1. The molecule has 0 unspecified atom stereocenters. The zero-order chi connectivity index (χ0) is 28.9. The Hall–Kier alpha value is -4.74. The number of carboxylic acid groups (broad SMARTS) is 1. The number of hydrogen-bond donors (Lipinski definition) is 3. The molecular weight excluding hydrogens is 528 g/mol. The fourth-order valence-corrected chi connectivity index (χ4v) is 5.07. The Morgan fingerprint density at radius 1 is 1.07 bits per heavy atom. The fraction of sp³-hybridized carbons (Fsp3) is 0.379. The number of nitrogens with one attached hydrogen (secondary N) is 2. The Morgan fingerprint density at radius 3 is 2.59 bits per heavy atom. The lowest BCUT2D eigenvalue weighted by atomic mass is 10.1. The summed E-state index contributed by atoms with van der Waals surface area (Å²) in [5, 5.41) is 15.8. The third kappa shape index (κ3) is 6.71. The quantitative estimate of drug-likeness (QED) is 0.307. The Balaban J connectivity index is 1.40. The molecule has 3 N–H and O–H groups in total. The molecule has 2 saturated heterocycles. The summed E-state index contributed by atoms with van der Waals surface area (Å²) in [4.78, 5) is 62.4. The summed E-state index contributed by atoms with van der Waals surface area (Å²) in [7, 11) is 0. The van der Waals surface area contributed by atoms with Gasteiger partial charge in [-0.3, -0.25) is 19.7 Å².